The fraction of sp³-hybridized carbons (Fsp3) is 0.294. The van der Waals surface area contributed by atoms with Gasteiger partial charge in [-0.15, -0.1) is 0 Å². The standard InChI is InChI=1S/C17H20Cl2N2O4S/c1-21(2)8-9-25-16-11-13(5-6-14(16)19)20-26(22,23)17-10-12(18)4-7-15(17)24-3/h4-7,10-11,20H,8-9H2,1-3H3. The summed E-state index contributed by atoms with van der Waals surface area (Å²) in [6, 6.07) is 9.03. The quantitative estimate of drug-likeness (QED) is 0.706. The van der Waals surface area contributed by atoms with E-state index < -0.39 is 10.0 Å². The lowest BCUT2D eigenvalue weighted by atomic mass is 10.3. The summed E-state index contributed by atoms with van der Waals surface area (Å²) in [6.07, 6.45) is 0. The minimum Gasteiger partial charge on any atom is -0.495 e. The van der Waals surface area contributed by atoms with Crippen LogP contribution in [0.4, 0.5) is 5.69 Å². The Kier molecular flexibility index (Phi) is 7.00. The second-order valence-electron chi connectivity index (χ2n) is 5.70. The first-order valence-electron chi connectivity index (χ1n) is 7.66. The molecule has 0 spiro atoms. The Hall–Kier alpha value is -1.67. The molecule has 0 aromatic heterocycles. The summed E-state index contributed by atoms with van der Waals surface area (Å²) in [5.74, 6) is 0.588. The number of likely N-dealkylation sites (N-methyl/N-ethyl adjacent to an activating group) is 1. The van der Waals surface area contributed by atoms with Crippen LogP contribution in [-0.2, 0) is 10.0 Å². The topological polar surface area (TPSA) is 67.9 Å². The van der Waals surface area contributed by atoms with Crippen molar-refractivity contribution in [2.24, 2.45) is 0 Å². The van der Waals surface area contributed by atoms with Crippen molar-refractivity contribution in [2.45, 2.75) is 4.90 Å². The molecule has 0 amide bonds. The first-order valence-corrected chi connectivity index (χ1v) is 9.90. The first-order chi connectivity index (χ1) is 12.2. The van der Waals surface area contributed by atoms with Crippen LogP contribution in [0.1, 0.15) is 0 Å². The van der Waals surface area contributed by atoms with Gasteiger partial charge in [0.15, 0.2) is 0 Å². The van der Waals surface area contributed by atoms with Gasteiger partial charge in [-0.1, -0.05) is 23.2 Å². The summed E-state index contributed by atoms with van der Waals surface area (Å²) >= 11 is 12.0. The minimum atomic E-state index is -3.91. The SMILES string of the molecule is COc1ccc(Cl)cc1S(=O)(=O)Nc1ccc(Cl)c(OCCN(C)C)c1. The van der Waals surface area contributed by atoms with Gasteiger partial charge in [0.1, 0.15) is 23.0 Å². The van der Waals surface area contributed by atoms with Crippen LogP contribution in [0.15, 0.2) is 41.3 Å². The zero-order chi connectivity index (χ0) is 19.3. The molecule has 2 rings (SSSR count). The number of methoxy groups -OCH3 is 1. The van der Waals surface area contributed by atoms with Gasteiger partial charge in [0.05, 0.1) is 17.8 Å². The van der Waals surface area contributed by atoms with E-state index in [2.05, 4.69) is 4.72 Å². The number of halogens is 2. The Morgan fingerprint density at radius 3 is 2.46 bits per heavy atom. The van der Waals surface area contributed by atoms with Crippen LogP contribution in [0.5, 0.6) is 11.5 Å². The molecule has 0 radical (unpaired) electrons. The van der Waals surface area contributed by atoms with Crippen molar-refractivity contribution in [1.82, 2.24) is 4.90 Å². The van der Waals surface area contributed by atoms with Gasteiger partial charge >= 0.3 is 0 Å². The van der Waals surface area contributed by atoms with E-state index in [9.17, 15) is 8.42 Å². The van der Waals surface area contributed by atoms with Gasteiger partial charge in [-0.3, -0.25) is 4.72 Å². The van der Waals surface area contributed by atoms with Gasteiger partial charge in [0, 0.05) is 17.6 Å². The third-order valence-electron chi connectivity index (χ3n) is 3.39. The molecule has 0 saturated heterocycles. The van der Waals surface area contributed by atoms with E-state index in [0.29, 0.717) is 29.6 Å². The van der Waals surface area contributed by atoms with Crippen molar-refractivity contribution >= 4 is 38.9 Å². The Morgan fingerprint density at radius 1 is 1.08 bits per heavy atom. The van der Waals surface area contributed by atoms with E-state index in [4.69, 9.17) is 32.7 Å². The van der Waals surface area contributed by atoms with Gasteiger partial charge < -0.3 is 14.4 Å². The average Bonchev–Trinajstić information content (AvgIpc) is 2.57. The van der Waals surface area contributed by atoms with Crippen LogP contribution >= 0.6 is 23.2 Å². The van der Waals surface area contributed by atoms with E-state index in [1.807, 2.05) is 19.0 Å². The number of hydrogen-bond acceptors (Lipinski definition) is 5. The molecule has 0 heterocycles. The fourth-order valence-electron chi connectivity index (χ4n) is 2.09. The molecule has 142 valence electrons. The zero-order valence-corrected chi connectivity index (χ0v) is 17.0. The molecule has 0 saturated carbocycles. The predicted molar refractivity (Wildman–Crippen MR) is 104 cm³/mol. The maximum Gasteiger partial charge on any atom is 0.265 e. The first kappa shape index (κ1) is 20.6. The third-order valence-corrected chi connectivity index (χ3v) is 5.34. The number of nitrogens with zero attached hydrogens (tertiary/aromatic N) is 1. The highest BCUT2D eigenvalue weighted by Gasteiger charge is 2.20. The highest BCUT2D eigenvalue weighted by atomic mass is 35.5. The largest absolute Gasteiger partial charge is 0.495 e. The molecule has 0 bridgehead atoms. The van der Waals surface area contributed by atoms with E-state index in [0.717, 1.165) is 0 Å². The molecular weight excluding hydrogens is 399 g/mol. The Bertz CT molecular complexity index is 873. The molecule has 2 aromatic rings. The number of hydrogen-bond donors (Lipinski definition) is 1. The summed E-state index contributed by atoms with van der Waals surface area (Å²) in [5.41, 5.74) is 0.316. The molecular formula is C17H20Cl2N2O4S. The monoisotopic (exact) mass is 418 g/mol. The number of nitrogens with one attached hydrogen (secondary N) is 1. The molecule has 0 aliphatic rings. The summed E-state index contributed by atoms with van der Waals surface area (Å²) in [4.78, 5) is 1.91. The van der Waals surface area contributed by atoms with Gasteiger partial charge in [0.2, 0.25) is 0 Å². The molecule has 0 aliphatic carbocycles. The van der Waals surface area contributed by atoms with E-state index in [-0.39, 0.29) is 15.7 Å². The minimum absolute atomic E-state index is 0.0578. The Labute approximate surface area is 163 Å². The molecule has 1 N–H and O–H groups in total. The van der Waals surface area contributed by atoms with Crippen LogP contribution in [-0.4, -0.2) is 47.7 Å². The average molecular weight is 419 g/mol. The van der Waals surface area contributed by atoms with Crippen molar-refractivity contribution in [3.05, 3.63) is 46.4 Å². The van der Waals surface area contributed by atoms with Gasteiger partial charge in [-0.25, -0.2) is 8.42 Å². The highest BCUT2D eigenvalue weighted by Crippen LogP contribution is 2.32. The third kappa shape index (κ3) is 5.41. The molecule has 0 fully saturated rings. The maximum atomic E-state index is 12.7. The van der Waals surface area contributed by atoms with Crippen LogP contribution in [0.3, 0.4) is 0 Å². The maximum absolute atomic E-state index is 12.7. The molecule has 0 aliphatic heterocycles. The molecule has 26 heavy (non-hydrogen) atoms. The van der Waals surface area contributed by atoms with Crippen LogP contribution in [0, 0.1) is 0 Å². The number of anilines is 1. The Balaban J connectivity index is 2.26. The van der Waals surface area contributed by atoms with Crippen molar-refractivity contribution in [1.29, 1.82) is 0 Å². The lowest BCUT2D eigenvalue weighted by molar-refractivity contribution is 0.261. The van der Waals surface area contributed by atoms with Crippen molar-refractivity contribution < 1.29 is 17.9 Å². The van der Waals surface area contributed by atoms with Gasteiger partial charge in [-0.2, -0.15) is 0 Å². The van der Waals surface area contributed by atoms with E-state index in [1.54, 1.807) is 18.2 Å². The van der Waals surface area contributed by atoms with E-state index >= 15 is 0 Å². The molecule has 0 atom stereocenters. The molecule has 9 heteroatoms. The molecule has 6 nitrogen and oxygen atoms in total. The van der Waals surface area contributed by atoms with Crippen LogP contribution in [0.2, 0.25) is 10.0 Å². The fourth-order valence-corrected chi connectivity index (χ4v) is 3.74. The second kappa shape index (κ2) is 8.81. The molecule has 0 unspecified atom stereocenters. The predicted octanol–water partition coefficient (Wildman–Crippen LogP) is 3.74. The summed E-state index contributed by atoms with van der Waals surface area (Å²) < 4.78 is 38.6. The van der Waals surface area contributed by atoms with Crippen molar-refractivity contribution in [3.63, 3.8) is 0 Å². The number of ether oxygens (including phenoxy) is 2. The summed E-state index contributed by atoms with van der Waals surface area (Å²) in [6.45, 7) is 1.12. The lowest BCUT2D eigenvalue weighted by Gasteiger charge is -2.15. The Morgan fingerprint density at radius 2 is 1.81 bits per heavy atom. The van der Waals surface area contributed by atoms with Gasteiger partial charge in [-0.05, 0) is 44.4 Å². The van der Waals surface area contributed by atoms with Crippen molar-refractivity contribution in [3.8, 4) is 11.5 Å². The summed E-state index contributed by atoms with van der Waals surface area (Å²) in [5, 5.41) is 0.682. The number of sulfonamides is 1. The van der Waals surface area contributed by atoms with Gasteiger partial charge in [0.25, 0.3) is 10.0 Å². The highest BCUT2D eigenvalue weighted by molar-refractivity contribution is 7.92. The number of benzene rings is 2. The van der Waals surface area contributed by atoms with Crippen LogP contribution in [0.25, 0.3) is 0 Å². The lowest BCUT2D eigenvalue weighted by Crippen LogP contribution is -2.19. The second-order valence-corrected chi connectivity index (χ2v) is 8.19. The number of rotatable bonds is 8. The normalized spacial score (nSPS) is 11.5. The summed E-state index contributed by atoms with van der Waals surface area (Å²) in [7, 11) is 1.33. The van der Waals surface area contributed by atoms with Crippen molar-refractivity contribution in [2.75, 3.05) is 39.1 Å². The smallest absolute Gasteiger partial charge is 0.265 e. The van der Waals surface area contributed by atoms with E-state index in [1.165, 1.54) is 25.3 Å². The molecule has 2 aromatic carbocycles. The van der Waals surface area contributed by atoms with Crippen LogP contribution < -0.4 is 14.2 Å². The zero-order valence-electron chi connectivity index (χ0n) is 14.6.